The number of nitrogens with zero attached hydrogens (tertiary/aromatic N) is 3. The fourth-order valence-electron chi connectivity index (χ4n) is 3.72. The second-order valence-electron chi connectivity index (χ2n) is 7.83. The van der Waals surface area contributed by atoms with Crippen molar-refractivity contribution < 1.29 is 18.0 Å². The number of thiophene rings is 1. The van der Waals surface area contributed by atoms with E-state index in [0.717, 1.165) is 4.88 Å². The van der Waals surface area contributed by atoms with Crippen LogP contribution >= 0.6 is 11.3 Å². The highest BCUT2D eigenvalue weighted by atomic mass is 32.2. The number of benzene rings is 2. The Bertz CT molecular complexity index is 1260. The summed E-state index contributed by atoms with van der Waals surface area (Å²) < 4.78 is 27.4. The average molecular weight is 484 g/mol. The molecule has 3 aromatic rings. The lowest BCUT2D eigenvalue weighted by Gasteiger charge is -2.34. The maximum atomic E-state index is 13.1. The van der Waals surface area contributed by atoms with Crippen molar-refractivity contribution in [3.05, 3.63) is 82.0 Å². The predicted octanol–water partition coefficient (Wildman–Crippen LogP) is 3.48. The van der Waals surface area contributed by atoms with E-state index in [9.17, 15) is 18.0 Å². The molecule has 1 aliphatic heterocycles. The maximum absolute atomic E-state index is 13.1. The minimum atomic E-state index is -3.82. The van der Waals surface area contributed by atoms with Gasteiger partial charge in [0.2, 0.25) is 0 Å². The number of anilines is 1. The number of amides is 2. The number of carbonyl (C=O) groups is 2. The molecule has 2 amide bonds. The zero-order valence-corrected chi connectivity index (χ0v) is 20.1. The number of piperazine rings is 1. The van der Waals surface area contributed by atoms with Gasteiger partial charge in [0.15, 0.2) is 0 Å². The molecule has 7 nitrogen and oxygen atoms in total. The van der Waals surface area contributed by atoms with E-state index in [1.54, 1.807) is 46.2 Å². The third-order valence-corrected chi connectivity index (χ3v) is 8.43. The van der Waals surface area contributed by atoms with Gasteiger partial charge in [0.25, 0.3) is 21.8 Å². The molecule has 9 heteroatoms. The van der Waals surface area contributed by atoms with Gasteiger partial charge in [-0.05, 0) is 49.4 Å². The number of carbonyl (C=O) groups excluding carboxylic acids is 2. The maximum Gasteiger partial charge on any atom is 0.264 e. The Morgan fingerprint density at radius 1 is 0.848 bits per heavy atom. The van der Waals surface area contributed by atoms with E-state index in [4.69, 9.17) is 0 Å². The first-order chi connectivity index (χ1) is 15.8. The first kappa shape index (κ1) is 23.0. The van der Waals surface area contributed by atoms with Gasteiger partial charge in [0, 0.05) is 43.7 Å². The number of para-hydroxylation sites is 1. The molecule has 0 bridgehead atoms. The topological polar surface area (TPSA) is 78.0 Å². The van der Waals surface area contributed by atoms with Crippen molar-refractivity contribution in [3.8, 4) is 0 Å². The summed E-state index contributed by atoms with van der Waals surface area (Å²) >= 11 is 1.47. The SMILES string of the molecule is Cc1ccc(C(=O)N2CCN(C(=O)c3cccc(S(=O)(=O)N(C)c4ccccc4)c3)CC2)s1. The van der Waals surface area contributed by atoms with E-state index >= 15 is 0 Å². The van der Waals surface area contributed by atoms with Crippen LogP contribution in [0.25, 0.3) is 0 Å². The van der Waals surface area contributed by atoms with Crippen LogP contribution in [0.3, 0.4) is 0 Å². The number of hydrogen-bond acceptors (Lipinski definition) is 5. The molecule has 0 radical (unpaired) electrons. The van der Waals surface area contributed by atoms with Gasteiger partial charge >= 0.3 is 0 Å². The Hall–Kier alpha value is -3.17. The monoisotopic (exact) mass is 483 g/mol. The summed E-state index contributed by atoms with van der Waals surface area (Å²) in [5.74, 6) is -0.259. The molecular weight excluding hydrogens is 458 g/mol. The summed E-state index contributed by atoms with van der Waals surface area (Å²) in [6.45, 7) is 3.64. The molecule has 1 aromatic heterocycles. The number of aryl methyl sites for hydroxylation is 1. The van der Waals surface area contributed by atoms with Gasteiger partial charge in [-0.25, -0.2) is 8.42 Å². The largest absolute Gasteiger partial charge is 0.335 e. The van der Waals surface area contributed by atoms with E-state index in [1.165, 1.54) is 34.8 Å². The smallest absolute Gasteiger partial charge is 0.264 e. The lowest BCUT2D eigenvalue weighted by molar-refractivity contribution is 0.0538. The first-order valence-electron chi connectivity index (χ1n) is 10.6. The van der Waals surface area contributed by atoms with Crippen LogP contribution in [0, 0.1) is 6.92 Å². The van der Waals surface area contributed by atoms with Gasteiger partial charge in [0.05, 0.1) is 15.5 Å². The summed E-state index contributed by atoms with van der Waals surface area (Å²) in [7, 11) is -2.33. The summed E-state index contributed by atoms with van der Waals surface area (Å²) in [5, 5.41) is 0. The molecule has 172 valence electrons. The van der Waals surface area contributed by atoms with E-state index < -0.39 is 10.0 Å². The summed E-state index contributed by atoms with van der Waals surface area (Å²) in [4.78, 5) is 31.0. The molecule has 4 rings (SSSR count). The van der Waals surface area contributed by atoms with Crippen molar-refractivity contribution in [2.24, 2.45) is 0 Å². The highest BCUT2D eigenvalue weighted by molar-refractivity contribution is 7.92. The number of rotatable bonds is 5. The molecular formula is C24H25N3O4S2. The lowest BCUT2D eigenvalue weighted by Crippen LogP contribution is -2.50. The quantitative estimate of drug-likeness (QED) is 0.557. The lowest BCUT2D eigenvalue weighted by atomic mass is 10.2. The summed E-state index contributed by atoms with van der Waals surface area (Å²) in [6.07, 6.45) is 0. The summed E-state index contributed by atoms with van der Waals surface area (Å²) in [6, 6.07) is 18.7. The van der Waals surface area contributed by atoms with Crippen molar-refractivity contribution in [3.63, 3.8) is 0 Å². The second-order valence-corrected chi connectivity index (χ2v) is 11.1. The second kappa shape index (κ2) is 9.36. The van der Waals surface area contributed by atoms with Crippen LogP contribution in [-0.2, 0) is 10.0 Å². The zero-order chi connectivity index (χ0) is 23.6. The molecule has 0 aliphatic carbocycles. The molecule has 2 aromatic carbocycles. The minimum Gasteiger partial charge on any atom is -0.335 e. The van der Waals surface area contributed by atoms with Crippen LogP contribution in [0.15, 0.2) is 71.6 Å². The van der Waals surface area contributed by atoms with Gasteiger partial charge < -0.3 is 9.80 Å². The van der Waals surface area contributed by atoms with Crippen LogP contribution in [0.4, 0.5) is 5.69 Å². The Morgan fingerprint density at radius 3 is 2.09 bits per heavy atom. The van der Waals surface area contributed by atoms with Gasteiger partial charge in [-0.1, -0.05) is 24.3 Å². The Balaban J connectivity index is 1.46. The van der Waals surface area contributed by atoms with Crippen molar-refractivity contribution in [1.29, 1.82) is 0 Å². The van der Waals surface area contributed by atoms with Crippen LogP contribution in [0.2, 0.25) is 0 Å². The standard InChI is InChI=1S/C24H25N3O4S2/c1-18-11-12-22(32-18)24(29)27-15-13-26(14-16-27)23(28)19-7-6-10-21(17-19)33(30,31)25(2)20-8-4-3-5-9-20/h3-12,17H,13-16H2,1-2H3. The fourth-order valence-corrected chi connectivity index (χ4v) is 5.80. The fraction of sp³-hybridized carbons (Fsp3) is 0.250. The van der Waals surface area contributed by atoms with E-state index in [0.29, 0.717) is 42.3 Å². The van der Waals surface area contributed by atoms with Crippen LogP contribution in [-0.4, -0.2) is 63.3 Å². The Morgan fingerprint density at radius 2 is 1.48 bits per heavy atom. The highest BCUT2D eigenvalue weighted by Crippen LogP contribution is 2.23. The van der Waals surface area contributed by atoms with Crippen molar-refractivity contribution in [2.45, 2.75) is 11.8 Å². The Labute approximate surface area is 197 Å². The Kier molecular flexibility index (Phi) is 6.53. The predicted molar refractivity (Wildman–Crippen MR) is 129 cm³/mol. The third-order valence-electron chi connectivity index (χ3n) is 5.66. The van der Waals surface area contributed by atoms with E-state index in [1.807, 2.05) is 25.1 Å². The summed E-state index contributed by atoms with van der Waals surface area (Å²) in [5.41, 5.74) is 0.849. The molecule has 1 saturated heterocycles. The molecule has 2 heterocycles. The van der Waals surface area contributed by atoms with Gasteiger partial charge in [0.1, 0.15) is 0 Å². The molecule has 0 N–H and O–H groups in total. The van der Waals surface area contributed by atoms with Crippen molar-refractivity contribution in [1.82, 2.24) is 9.80 Å². The van der Waals surface area contributed by atoms with Crippen LogP contribution in [0.1, 0.15) is 24.9 Å². The van der Waals surface area contributed by atoms with Gasteiger partial charge in [-0.3, -0.25) is 13.9 Å². The molecule has 0 spiro atoms. The van der Waals surface area contributed by atoms with E-state index in [-0.39, 0.29) is 16.7 Å². The minimum absolute atomic E-state index is 0.0164. The van der Waals surface area contributed by atoms with Gasteiger partial charge in [-0.2, -0.15) is 0 Å². The molecule has 33 heavy (non-hydrogen) atoms. The molecule has 0 atom stereocenters. The van der Waals surface area contributed by atoms with Crippen LogP contribution in [0.5, 0.6) is 0 Å². The molecule has 1 fully saturated rings. The average Bonchev–Trinajstić information content (AvgIpc) is 3.29. The third kappa shape index (κ3) is 4.79. The zero-order valence-electron chi connectivity index (χ0n) is 18.5. The molecule has 0 saturated carbocycles. The molecule has 1 aliphatic rings. The number of sulfonamides is 1. The first-order valence-corrected chi connectivity index (χ1v) is 12.8. The molecule has 0 unspecified atom stereocenters. The van der Waals surface area contributed by atoms with E-state index in [2.05, 4.69) is 0 Å². The van der Waals surface area contributed by atoms with Crippen molar-refractivity contribution in [2.75, 3.05) is 37.5 Å². The highest BCUT2D eigenvalue weighted by Gasteiger charge is 2.27. The van der Waals surface area contributed by atoms with Crippen molar-refractivity contribution >= 4 is 38.9 Å². The normalized spacial score (nSPS) is 14.2. The number of hydrogen-bond donors (Lipinski definition) is 0. The van der Waals surface area contributed by atoms with Crippen LogP contribution < -0.4 is 4.31 Å². The van der Waals surface area contributed by atoms with Gasteiger partial charge in [-0.15, -0.1) is 11.3 Å².